The minimum atomic E-state index is -4.64. The average molecular weight is 236 g/mol. The van der Waals surface area contributed by atoms with Crippen molar-refractivity contribution < 1.29 is 38.5 Å². The van der Waals surface area contributed by atoms with E-state index in [2.05, 4.69) is 12.3 Å². The summed E-state index contributed by atoms with van der Waals surface area (Å²) in [6.07, 6.45) is 4.60. The fourth-order valence-electron chi connectivity index (χ4n) is 0. The van der Waals surface area contributed by atoms with Gasteiger partial charge in [0.05, 0.1) is 0 Å². The van der Waals surface area contributed by atoms with Gasteiger partial charge in [-0.05, 0) is 6.92 Å². The molecule has 0 aliphatic carbocycles. The van der Waals surface area contributed by atoms with Crippen LogP contribution in [0.5, 0.6) is 0 Å². The molecule has 8 nitrogen and oxygen atoms in total. The van der Waals surface area contributed by atoms with E-state index in [1.165, 1.54) is 0 Å². The van der Waals surface area contributed by atoms with E-state index in [-0.39, 0.29) is 0 Å². The zero-order valence-corrected chi connectivity index (χ0v) is 8.26. The van der Waals surface area contributed by atoms with Crippen molar-refractivity contribution in [1.29, 1.82) is 0 Å². The van der Waals surface area contributed by atoms with Crippen LogP contribution in [-0.2, 0) is 9.13 Å². The standard InChI is InChI=1S/C3H4.2H3O4P/c1-3-2;2*1-5(2,3)4/h1H,2H3;2*(H3,1,2,3,4). The van der Waals surface area contributed by atoms with Crippen LogP contribution in [-0.4, -0.2) is 29.4 Å². The second kappa shape index (κ2) is 8.38. The summed E-state index contributed by atoms with van der Waals surface area (Å²) in [5.41, 5.74) is 0. The maximum Gasteiger partial charge on any atom is 0.466 e. The van der Waals surface area contributed by atoms with E-state index >= 15 is 0 Å². The first-order valence-electron chi connectivity index (χ1n) is 2.35. The Bertz CT molecular complexity index is 192. The largest absolute Gasteiger partial charge is 0.466 e. The molecule has 0 atom stereocenters. The van der Waals surface area contributed by atoms with Crippen molar-refractivity contribution >= 4 is 15.6 Å². The van der Waals surface area contributed by atoms with Crippen molar-refractivity contribution in [2.45, 2.75) is 6.92 Å². The molecule has 0 aliphatic rings. The molecule has 0 rings (SSSR count). The third kappa shape index (κ3) is 23300. The number of hydrogen-bond donors (Lipinski definition) is 6. The molecule has 0 bridgehead atoms. The first kappa shape index (κ1) is 18.5. The topological polar surface area (TPSA) is 156 Å². The first-order valence-corrected chi connectivity index (χ1v) is 5.48. The highest BCUT2D eigenvalue weighted by atomic mass is 31.2. The quantitative estimate of drug-likeness (QED) is 0.226. The molecule has 0 heterocycles. The molecule has 10 heteroatoms. The summed E-state index contributed by atoms with van der Waals surface area (Å²) < 4.78 is 17.8. The fraction of sp³-hybridized carbons (Fsp3) is 0.333. The zero-order chi connectivity index (χ0) is 11.7. The Morgan fingerprint density at radius 3 is 0.923 bits per heavy atom. The van der Waals surface area contributed by atoms with Gasteiger partial charge in [0, 0.05) is 0 Å². The summed E-state index contributed by atoms with van der Waals surface area (Å²) in [5.74, 6) is 2.25. The van der Waals surface area contributed by atoms with E-state index in [1.807, 2.05) is 0 Å². The van der Waals surface area contributed by atoms with Gasteiger partial charge in [0.15, 0.2) is 0 Å². The van der Waals surface area contributed by atoms with E-state index in [0.717, 1.165) is 0 Å². The number of rotatable bonds is 0. The molecule has 0 saturated heterocycles. The molecule has 0 aromatic heterocycles. The fourth-order valence-corrected chi connectivity index (χ4v) is 0. The van der Waals surface area contributed by atoms with Crippen molar-refractivity contribution in [3.63, 3.8) is 0 Å². The van der Waals surface area contributed by atoms with E-state index in [9.17, 15) is 0 Å². The molecular formula is C3H10O8P2. The Kier molecular flexibility index (Phi) is 12.0. The predicted molar refractivity (Wildman–Crippen MR) is 43.0 cm³/mol. The van der Waals surface area contributed by atoms with E-state index in [0.29, 0.717) is 0 Å². The Morgan fingerprint density at radius 2 is 0.923 bits per heavy atom. The Balaban J connectivity index is -0.000000120. The monoisotopic (exact) mass is 236 g/mol. The Labute approximate surface area is 74.3 Å². The number of hydrogen-bond acceptors (Lipinski definition) is 2. The van der Waals surface area contributed by atoms with Gasteiger partial charge in [0.2, 0.25) is 0 Å². The lowest BCUT2D eigenvalue weighted by Gasteiger charge is -1.82. The summed E-state index contributed by atoms with van der Waals surface area (Å²) in [4.78, 5) is 43.1. The highest BCUT2D eigenvalue weighted by molar-refractivity contribution is 7.45. The highest BCUT2D eigenvalue weighted by Gasteiger charge is 2.00. The zero-order valence-electron chi connectivity index (χ0n) is 6.47. The molecule has 0 aromatic rings. The van der Waals surface area contributed by atoms with Crippen LogP contribution >= 0.6 is 15.6 Å². The summed E-state index contributed by atoms with van der Waals surface area (Å²) in [7, 11) is -9.28. The average Bonchev–Trinajstić information content (AvgIpc) is 1.52. The van der Waals surface area contributed by atoms with Gasteiger partial charge in [-0.2, -0.15) is 0 Å². The van der Waals surface area contributed by atoms with Crippen molar-refractivity contribution in [3.05, 3.63) is 0 Å². The first-order chi connectivity index (χ1) is 5.41. The molecule has 0 fully saturated rings. The van der Waals surface area contributed by atoms with E-state index in [1.54, 1.807) is 6.92 Å². The molecule has 0 spiro atoms. The Hall–Kier alpha value is -0.220. The molecule has 0 aromatic carbocycles. The highest BCUT2D eigenvalue weighted by Crippen LogP contribution is 2.26. The molecule has 13 heavy (non-hydrogen) atoms. The molecule has 0 aliphatic heterocycles. The second-order valence-corrected chi connectivity index (χ2v) is 3.37. The van der Waals surface area contributed by atoms with Crippen molar-refractivity contribution in [2.24, 2.45) is 0 Å². The van der Waals surface area contributed by atoms with E-state index < -0.39 is 15.6 Å². The third-order valence-electron chi connectivity index (χ3n) is 0. The smallest absolute Gasteiger partial charge is 0.303 e. The van der Waals surface area contributed by atoms with Gasteiger partial charge in [-0.3, -0.25) is 0 Å². The molecule has 0 saturated carbocycles. The lowest BCUT2D eigenvalue weighted by molar-refractivity contribution is 0.272. The third-order valence-corrected chi connectivity index (χ3v) is 0. The lowest BCUT2D eigenvalue weighted by atomic mass is 10.9. The van der Waals surface area contributed by atoms with Gasteiger partial charge < -0.3 is 29.4 Å². The van der Waals surface area contributed by atoms with Crippen LogP contribution in [0.25, 0.3) is 0 Å². The second-order valence-electron chi connectivity index (χ2n) is 1.32. The maximum absolute atomic E-state index is 8.88. The minimum Gasteiger partial charge on any atom is -0.303 e. The van der Waals surface area contributed by atoms with Crippen LogP contribution in [0.15, 0.2) is 0 Å². The van der Waals surface area contributed by atoms with Crippen LogP contribution in [0.2, 0.25) is 0 Å². The van der Waals surface area contributed by atoms with Gasteiger partial charge >= 0.3 is 15.6 Å². The van der Waals surface area contributed by atoms with Crippen LogP contribution < -0.4 is 0 Å². The number of phosphoric acid groups is 2. The Morgan fingerprint density at radius 1 is 0.923 bits per heavy atom. The summed E-state index contributed by atoms with van der Waals surface area (Å²) in [5, 5.41) is 0. The van der Waals surface area contributed by atoms with Crippen LogP contribution in [0, 0.1) is 12.3 Å². The summed E-state index contributed by atoms with van der Waals surface area (Å²) in [6, 6.07) is 0. The van der Waals surface area contributed by atoms with Crippen LogP contribution in [0.1, 0.15) is 6.92 Å². The van der Waals surface area contributed by atoms with Crippen LogP contribution in [0.3, 0.4) is 0 Å². The molecule has 6 N–H and O–H groups in total. The van der Waals surface area contributed by atoms with Crippen molar-refractivity contribution in [2.75, 3.05) is 0 Å². The normalized spacial score (nSPS) is 9.69. The summed E-state index contributed by atoms with van der Waals surface area (Å²) >= 11 is 0. The summed E-state index contributed by atoms with van der Waals surface area (Å²) in [6.45, 7) is 1.65. The molecule has 0 amide bonds. The molecule has 80 valence electrons. The molecular weight excluding hydrogens is 226 g/mol. The maximum atomic E-state index is 8.88. The van der Waals surface area contributed by atoms with Crippen LogP contribution in [0.4, 0.5) is 0 Å². The van der Waals surface area contributed by atoms with Gasteiger partial charge in [-0.1, -0.05) is 0 Å². The predicted octanol–water partition coefficient (Wildman–Crippen LogP) is -1.22. The van der Waals surface area contributed by atoms with Gasteiger partial charge in [-0.15, -0.1) is 12.3 Å². The van der Waals surface area contributed by atoms with Gasteiger partial charge in [-0.25, -0.2) is 9.13 Å². The van der Waals surface area contributed by atoms with Gasteiger partial charge in [0.25, 0.3) is 0 Å². The number of terminal acetylenes is 1. The van der Waals surface area contributed by atoms with Crippen molar-refractivity contribution in [1.82, 2.24) is 0 Å². The van der Waals surface area contributed by atoms with Crippen molar-refractivity contribution in [3.8, 4) is 12.3 Å². The minimum absolute atomic E-state index is 1.65. The van der Waals surface area contributed by atoms with E-state index in [4.69, 9.17) is 38.5 Å². The SMILES string of the molecule is C#CC.O=P(O)(O)O.O=P(O)(O)O. The van der Waals surface area contributed by atoms with Gasteiger partial charge in [0.1, 0.15) is 0 Å². The molecule has 0 radical (unpaired) electrons. The lowest BCUT2D eigenvalue weighted by Crippen LogP contribution is -1.66. The molecule has 0 unspecified atom stereocenters.